The van der Waals surface area contributed by atoms with Crippen LogP contribution in [0.4, 0.5) is 0 Å². The Balaban J connectivity index is 3.66. The normalized spacial score (nSPS) is 13.3. The van der Waals surface area contributed by atoms with Crippen molar-refractivity contribution in [1.82, 2.24) is 10.2 Å². The van der Waals surface area contributed by atoms with Gasteiger partial charge in [0.1, 0.15) is 0 Å². The smallest absolute Gasteiger partial charge is 0.234 e. The monoisotopic (exact) mass is 216 g/mol. The van der Waals surface area contributed by atoms with Gasteiger partial charge in [-0.15, -0.1) is 0 Å². The number of carbonyl (C=O) groups excluding carboxylic acids is 1. The van der Waals surface area contributed by atoms with Gasteiger partial charge in [0.15, 0.2) is 0 Å². The van der Waals surface area contributed by atoms with Crippen molar-refractivity contribution in [3.63, 3.8) is 0 Å². The highest BCUT2D eigenvalue weighted by molar-refractivity contribution is 5.78. The van der Waals surface area contributed by atoms with E-state index in [0.717, 1.165) is 12.8 Å². The summed E-state index contributed by atoms with van der Waals surface area (Å²) in [5, 5.41) is 12.1. The molecule has 0 fully saturated rings. The maximum Gasteiger partial charge on any atom is 0.234 e. The lowest BCUT2D eigenvalue weighted by atomic mass is 10.2. The predicted octanol–water partition coefficient (Wildman–Crippen LogP) is 0.604. The van der Waals surface area contributed by atoms with E-state index in [0.29, 0.717) is 19.1 Å². The Labute approximate surface area is 92.7 Å². The molecular formula is C11H24N2O2. The van der Waals surface area contributed by atoms with Crippen LogP contribution in [-0.2, 0) is 4.79 Å². The van der Waals surface area contributed by atoms with Crippen molar-refractivity contribution in [2.24, 2.45) is 0 Å². The van der Waals surface area contributed by atoms with Crippen LogP contribution in [0.1, 0.15) is 33.6 Å². The van der Waals surface area contributed by atoms with Gasteiger partial charge in [0.05, 0.1) is 12.6 Å². The minimum Gasteiger partial charge on any atom is -0.391 e. The van der Waals surface area contributed by atoms with Crippen molar-refractivity contribution in [1.29, 1.82) is 0 Å². The van der Waals surface area contributed by atoms with Gasteiger partial charge < -0.3 is 10.4 Å². The van der Waals surface area contributed by atoms with E-state index in [1.165, 1.54) is 0 Å². The quantitative estimate of drug-likeness (QED) is 0.655. The molecule has 0 saturated carbocycles. The van der Waals surface area contributed by atoms with Crippen LogP contribution in [-0.4, -0.2) is 48.2 Å². The molecule has 0 saturated heterocycles. The van der Waals surface area contributed by atoms with Crippen LogP contribution >= 0.6 is 0 Å². The van der Waals surface area contributed by atoms with Gasteiger partial charge in [0.2, 0.25) is 5.91 Å². The molecule has 4 heteroatoms. The van der Waals surface area contributed by atoms with Crippen LogP contribution in [0.15, 0.2) is 0 Å². The summed E-state index contributed by atoms with van der Waals surface area (Å²) in [7, 11) is 1.91. The van der Waals surface area contributed by atoms with Gasteiger partial charge in [-0.25, -0.2) is 0 Å². The van der Waals surface area contributed by atoms with E-state index in [-0.39, 0.29) is 5.91 Å². The Morgan fingerprint density at radius 2 is 2.07 bits per heavy atom. The van der Waals surface area contributed by atoms with Crippen molar-refractivity contribution >= 4 is 5.91 Å². The van der Waals surface area contributed by atoms with Crippen LogP contribution in [0.2, 0.25) is 0 Å². The lowest BCUT2D eigenvalue weighted by Gasteiger charge is -2.20. The standard InChI is InChI=1S/C11H24N2O2/c1-5-6-10(14)7-12-11(15)8-13(4)9(2)3/h9-10,14H,5-8H2,1-4H3,(H,12,15). The van der Waals surface area contributed by atoms with E-state index in [1.54, 1.807) is 0 Å². The molecule has 90 valence electrons. The number of rotatable bonds is 7. The molecule has 0 aliphatic carbocycles. The molecule has 0 aliphatic heterocycles. The van der Waals surface area contributed by atoms with Crippen molar-refractivity contribution < 1.29 is 9.90 Å². The second-order valence-corrected chi connectivity index (χ2v) is 4.26. The summed E-state index contributed by atoms with van der Waals surface area (Å²) in [6.07, 6.45) is 1.26. The molecule has 0 heterocycles. The van der Waals surface area contributed by atoms with Crippen molar-refractivity contribution in [3.8, 4) is 0 Å². The first-order valence-corrected chi connectivity index (χ1v) is 5.62. The number of nitrogens with zero attached hydrogens (tertiary/aromatic N) is 1. The Morgan fingerprint density at radius 1 is 1.47 bits per heavy atom. The van der Waals surface area contributed by atoms with Gasteiger partial charge in [0, 0.05) is 12.6 Å². The summed E-state index contributed by atoms with van der Waals surface area (Å²) in [5.41, 5.74) is 0. The molecule has 0 aromatic rings. The molecule has 1 atom stereocenters. The lowest BCUT2D eigenvalue weighted by molar-refractivity contribution is -0.122. The number of nitrogens with one attached hydrogen (secondary N) is 1. The summed E-state index contributed by atoms with van der Waals surface area (Å²) < 4.78 is 0. The number of hydrogen-bond donors (Lipinski definition) is 2. The van der Waals surface area contributed by atoms with Crippen molar-refractivity contribution in [2.45, 2.75) is 45.8 Å². The SMILES string of the molecule is CCCC(O)CNC(=O)CN(C)C(C)C. The number of aliphatic hydroxyl groups is 1. The van der Waals surface area contributed by atoms with E-state index in [1.807, 2.05) is 32.7 Å². The topological polar surface area (TPSA) is 52.6 Å². The maximum absolute atomic E-state index is 11.4. The molecule has 1 unspecified atom stereocenters. The molecule has 15 heavy (non-hydrogen) atoms. The molecule has 0 bridgehead atoms. The van der Waals surface area contributed by atoms with Crippen LogP contribution in [0.5, 0.6) is 0 Å². The minimum atomic E-state index is -0.414. The summed E-state index contributed by atoms with van der Waals surface area (Å²) >= 11 is 0. The number of carbonyl (C=O) groups is 1. The Kier molecular flexibility index (Phi) is 7.34. The van der Waals surface area contributed by atoms with Gasteiger partial charge in [0.25, 0.3) is 0 Å². The second kappa shape index (κ2) is 7.65. The van der Waals surface area contributed by atoms with Crippen molar-refractivity contribution in [2.75, 3.05) is 20.1 Å². The van der Waals surface area contributed by atoms with Crippen LogP contribution in [0.25, 0.3) is 0 Å². The third-order valence-electron chi connectivity index (χ3n) is 2.43. The predicted molar refractivity (Wildman–Crippen MR) is 61.7 cm³/mol. The summed E-state index contributed by atoms with van der Waals surface area (Å²) in [6.45, 7) is 6.84. The highest BCUT2D eigenvalue weighted by Crippen LogP contribution is 1.95. The van der Waals surface area contributed by atoms with Crippen LogP contribution < -0.4 is 5.32 Å². The van der Waals surface area contributed by atoms with Gasteiger partial charge in [-0.2, -0.15) is 0 Å². The van der Waals surface area contributed by atoms with Gasteiger partial charge in [-0.1, -0.05) is 13.3 Å². The average molecular weight is 216 g/mol. The fraction of sp³-hybridized carbons (Fsp3) is 0.909. The van der Waals surface area contributed by atoms with Gasteiger partial charge in [-0.05, 0) is 27.3 Å². The summed E-state index contributed by atoms with van der Waals surface area (Å²) in [4.78, 5) is 13.4. The van der Waals surface area contributed by atoms with Crippen molar-refractivity contribution in [3.05, 3.63) is 0 Å². The second-order valence-electron chi connectivity index (χ2n) is 4.26. The van der Waals surface area contributed by atoms with Gasteiger partial charge >= 0.3 is 0 Å². The van der Waals surface area contributed by atoms with Crippen LogP contribution in [0.3, 0.4) is 0 Å². The fourth-order valence-electron chi connectivity index (χ4n) is 1.13. The maximum atomic E-state index is 11.4. The van der Waals surface area contributed by atoms with Crippen LogP contribution in [0, 0.1) is 0 Å². The lowest BCUT2D eigenvalue weighted by Crippen LogP contribution is -2.41. The summed E-state index contributed by atoms with van der Waals surface area (Å²) in [6, 6.07) is 0.358. The number of aliphatic hydroxyl groups excluding tert-OH is 1. The highest BCUT2D eigenvalue weighted by atomic mass is 16.3. The minimum absolute atomic E-state index is 0.0265. The zero-order valence-electron chi connectivity index (χ0n) is 10.3. The molecule has 1 amide bonds. The van der Waals surface area contributed by atoms with E-state index in [2.05, 4.69) is 5.32 Å². The molecule has 0 aromatic heterocycles. The first-order valence-electron chi connectivity index (χ1n) is 5.62. The molecule has 2 N–H and O–H groups in total. The number of hydrogen-bond acceptors (Lipinski definition) is 3. The number of likely N-dealkylation sites (N-methyl/N-ethyl adjacent to an activating group) is 1. The van der Waals surface area contributed by atoms with E-state index in [9.17, 15) is 9.90 Å². The third-order valence-corrected chi connectivity index (χ3v) is 2.43. The first kappa shape index (κ1) is 14.4. The van der Waals surface area contributed by atoms with E-state index in [4.69, 9.17) is 0 Å². The third kappa shape index (κ3) is 7.33. The molecule has 4 nitrogen and oxygen atoms in total. The first-order chi connectivity index (χ1) is 6.97. The molecule has 0 radical (unpaired) electrons. The van der Waals surface area contributed by atoms with E-state index >= 15 is 0 Å². The van der Waals surface area contributed by atoms with E-state index < -0.39 is 6.10 Å². The molecule has 0 spiro atoms. The highest BCUT2D eigenvalue weighted by Gasteiger charge is 2.10. The Hall–Kier alpha value is -0.610. The molecule has 0 rings (SSSR count). The number of amides is 1. The Morgan fingerprint density at radius 3 is 2.53 bits per heavy atom. The zero-order valence-corrected chi connectivity index (χ0v) is 10.3. The van der Waals surface area contributed by atoms with Gasteiger partial charge in [-0.3, -0.25) is 9.69 Å². The zero-order chi connectivity index (χ0) is 11.8. The Bertz CT molecular complexity index is 183. The average Bonchev–Trinajstić information content (AvgIpc) is 2.15. The molecular weight excluding hydrogens is 192 g/mol. The fourth-order valence-corrected chi connectivity index (χ4v) is 1.13. The molecule has 0 aromatic carbocycles. The summed E-state index contributed by atoms with van der Waals surface area (Å²) in [5.74, 6) is -0.0265. The molecule has 0 aliphatic rings. The largest absolute Gasteiger partial charge is 0.391 e.